The number of hydrogen-bond donors (Lipinski definition) is 1. The average molecular weight is 453 g/mol. The normalized spacial score (nSPS) is 12.6. The number of nitrogens with one attached hydrogen (secondary N) is 1. The Labute approximate surface area is 182 Å². The number of Topliss-reactive ketones (excluding diaryl/α,β-unsaturated/α-hetero) is 1. The highest BCUT2D eigenvalue weighted by atomic mass is 32.2. The van der Waals surface area contributed by atoms with E-state index in [0.717, 1.165) is 4.31 Å². The van der Waals surface area contributed by atoms with Gasteiger partial charge in [0, 0.05) is 24.9 Å². The van der Waals surface area contributed by atoms with E-state index >= 15 is 0 Å². The molecule has 0 bridgehead atoms. The minimum atomic E-state index is -4.02. The molecule has 0 aliphatic heterocycles. The molecule has 2 rings (SSSR count). The number of aromatic nitrogens is 1. The van der Waals surface area contributed by atoms with Crippen LogP contribution < -0.4 is 4.74 Å². The number of nitrogens with zero attached hydrogens (tertiary/aromatic N) is 1. The SMILES string of the molecule is COCCN(C(C)C(=O)c1c(C)[nH]c(C(=O)OC)c1C)S(=O)(=O)c1ccc(OC)cc1. The van der Waals surface area contributed by atoms with Gasteiger partial charge in [0.25, 0.3) is 0 Å². The van der Waals surface area contributed by atoms with Crippen LogP contribution in [0.4, 0.5) is 0 Å². The van der Waals surface area contributed by atoms with Crippen molar-refractivity contribution < 1.29 is 32.2 Å². The molecule has 1 aromatic carbocycles. The number of sulfonamides is 1. The van der Waals surface area contributed by atoms with Crippen molar-refractivity contribution in [2.75, 3.05) is 34.5 Å². The van der Waals surface area contributed by atoms with Crippen LogP contribution in [-0.4, -0.2) is 70.0 Å². The summed E-state index contributed by atoms with van der Waals surface area (Å²) in [6.07, 6.45) is 0. The minimum absolute atomic E-state index is 0.0237. The molecule has 1 unspecified atom stereocenters. The highest BCUT2D eigenvalue weighted by Gasteiger charge is 2.35. The zero-order valence-corrected chi connectivity index (χ0v) is 19.3. The third-order valence-corrected chi connectivity index (χ3v) is 7.05. The molecule has 9 nitrogen and oxygen atoms in total. The quantitative estimate of drug-likeness (QED) is 0.435. The maximum atomic E-state index is 13.4. The van der Waals surface area contributed by atoms with Crippen molar-refractivity contribution in [1.82, 2.24) is 9.29 Å². The maximum absolute atomic E-state index is 13.4. The molecule has 170 valence electrons. The Kier molecular flexibility index (Phi) is 7.99. The third kappa shape index (κ3) is 4.97. The van der Waals surface area contributed by atoms with Gasteiger partial charge in [0.15, 0.2) is 5.78 Å². The topological polar surface area (TPSA) is 115 Å². The number of carbonyl (C=O) groups excluding carboxylic acids is 2. The largest absolute Gasteiger partial charge is 0.497 e. The van der Waals surface area contributed by atoms with Crippen molar-refractivity contribution in [3.63, 3.8) is 0 Å². The number of esters is 1. The van der Waals surface area contributed by atoms with Gasteiger partial charge in [0.1, 0.15) is 11.4 Å². The first-order valence-corrected chi connectivity index (χ1v) is 11.0. The molecule has 31 heavy (non-hydrogen) atoms. The molecule has 0 saturated carbocycles. The van der Waals surface area contributed by atoms with Gasteiger partial charge >= 0.3 is 5.97 Å². The fourth-order valence-corrected chi connectivity index (χ4v) is 4.93. The number of H-pyrrole nitrogens is 1. The fourth-order valence-electron chi connectivity index (χ4n) is 3.35. The molecule has 0 saturated heterocycles. The lowest BCUT2D eigenvalue weighted by Gasteiger charge is -2.27. The van der Waals surface area contributed by atoms with E-state index in [1.165, 1.54) is 52.5 Å². The summed E-state index contributed by atoms with van der Waals surface area (Å²) in [6.45, 7) is 4.86. The molecule has 10 heteroatoms. The lowest BCUT2D eigenvalue weighted by molar-refractivity contribution is 0.0593. The molecular formula is C21H28N2O7S. The number of hydrogen-bond acceptors (Lipinski definition) is 7. The predicted molar refractivity (Wildman–Crippen MR) is 114 cm³/mol. The third-order valence-electron chi connectivity index (χ3n) is 5.07. The predicted octanol–water partition coefficient (Wildman–Crippen LogP) is 2.34. The van der Waals surface area contributed by atoms with Crippen LogP contribution in [-0.2, 0) is 19.5 Å². The zero-order valence-electron chi connectivity index (χ0n) is 18.5. The molecule has 0 spiro atoms. The van der Waals surface area contributed by atoms with Crippen LogP contribution in [0, 0.1) is 13.8 Å². The van der Waals surface area contributed by atoms with Crippen LogP contribution in [0.3, 0.4) is 0 Å². The van der Waals surface area contributed by atoms with Crippen molar-refractivity contribution in [3.8, 4) is 5.75 Å². The highest BCUT2D eigenvalue weighted by molar-refractivity contribution is 7.89. The van der Waals surface area contributed by atoms with Gasteiger partial charge in [-0.15, -0.1) is 0 Å². The molecule has 0 amide bonds. The molecule has 1 aromatic heterocycles. The van der Waals surface area contributed by atoms with Gasteiger partial charge in [0.05, 0.1) is 31.8 Å². The Morgan fingerprint density at radius 2 is 1.71 bits per heavy atom. The number of aromatic amines is 1. The van der Waals surface area contributed by atoms with Crippen LogP contribution in [0.5, 0.6) is 5.75 Å². The molecule has 0 aliphatic rings. The summed E-state index contributed by atoms with van der Waals surface area (Å²) in [4.78, 5) is 28.2. The standard InChI is InChI=1S/C21H28N2O7S/c1-13-18(14(2)22-19(13)21(25)30-6)20(24)15(3)23(11-12-28-4)31(26,27)17-9-7-16(29-5)8-10-17/h7-10,15,22H,11-12H2,1-6H3. The maximum Gasteiger partial charge on any atom is 0.354 e. The number of aryl methyl sites for hydroxylation is 1. The van der Waals surface area contributed by atoms with Crippen molar-refractivity contribution in [2.24, 2.45) is 0 Å². The monoisotopic (exact) mass is 452 g/mol. The minimum Gasteiger partial charge on any atom is -0.497 e. The van der Waals surface area contributed by atoms with E-state index in [-0.39, 0.29) is 29.3 Å². The van der Waals surface area contributed by atoms with Crippen LogP contribution in [0.25, 0.3) is 0 Å². The summed E-state index contributed by atoms with van der Waals surface area (Å²) in [6, 6.07) is 4.88. The Balaban J connectivity index is 2.47. The van der Waals surface area contributed by atoms with E-state index < -0.39 is 27.8 Å². The summed E-state index contributed by atoms with van der Waals surface area (Å²) >= 11 is 0. The van der Waals surface area contributed by atoms with Gasteiger partial charge in [-0.1, -0.05) is 0 Å². The van der Waals surface area contributed by atoms with Crippen molar-refractivity contribution in [3.05, 3.63) is 46.8 Å². The molecule has 1 atom stereocenters. The van der Waals surface area contributed by atoms with E-state index in [9.17, 15) is 18.0 Å². The van der Waals surface area contributed by atoms with E-state index in [0.29, 0.717) is 17.0 Å². The average Bonchev–Trinajstić information content (AvgIpc) is 3.06. The number of ketones is 1. The summed E-state index contributed by atoms with van der Waals surface area (Å²) in [7, 11) is 0.168. The highest BCUT2D eigenvalue weighted by Crippen LogP contribution is 2.26. The Morgan fingerprint density at radius 3 is 2.23 bits per heavy atom. The van der Waals surface area contributed by atoms with E-state index in [4.69, 9.17) is 14.2 Å². The first kappa shape index (κ1) is 24.6. The molecule has 0 radical (unpaired) electrons. The number of rotatable bonds is 10. The summed E-state index contributed by atoms with van der Waals surface area (Å²) < 4.78 is 42.7. The van der Waals surface area contributed by atoms with Crippen molar-refractivity contribution >= 4 is 21.8 Å². The van der Waals surface area contributed by atoms with Crippen LogP contribution in [0.15, 0.2) is 29.2 Å². The molecule has 0 aliphatic carbocycles. The molecular weight excluding hydrogens is 424 g/mol. The molecule has 1 N–H and O–H groups in total. The smallest absolute Gasteiger partial charge is 0.354 e. The van der Waals surface area contributed by atoms with Gasteiger partial charge in [-0.25, -0.2) is 13.2 Å². The second kappa shape index (κ2) is 10.1. The van der Waals surface area contributed by atoms with Crippen molar-refractivity contribution in [1.29, 1.82) is 0 Å². The number of methoxy groups -OCH3 is 3. The second-order valence-corrected chi connectivity index (χ2v) is 8.83. The van der Waals surface area contributed by atoms with Gasteiger partial charge < -0.3 is 19.2 Å². The Hall–Kier alpha value is -2.69. The number of ether oxygens (including phenoxy) is 3. The van der Waals surface area contributed by atoms with E-state index in [2.05, 4.69) is 4.98 Å². The van der Waals surface area contributed by atoms with Crippen LogP contribution >= 0.6 is 0 Å². The van der Waals surface area contributed by atoms with Crippen molar-refractivity contribution in [2.45, 2.75) is 31.7 Å². The molecule has 0 fully saturated rings. The van der Waals surface area contributed by atoms with Crippen LogP contribution in [0.2, 0.25) is 0 Å². The number of benzene rings is 1. The molecule has 2 aromatic rings. The first-order chi connectivity index (χ1) is 14.6. The van der Waals surface area contributed by atoms with Gasteiger partial charge in [-0.2, -0.15) is 4.31 Å². The summed E-state index contributed by atoms with van der Waals surface area (Å²) in [5.41, 5.74) is 1.30. The lowest BCUT2D eigenvalue weighted by atomic mass is 10.0. The number of carbonyl (C=O) groups is 2. The second-order valence-electron chi connectivity index (χ2n) is 6.94. The van der Waals surface area contributed by atoms with Gasteiger partial charge in [0.2, 0.25) is 10.0 Å². The summed E-state index contributed by atoms with van der Waals surface area (Å²) in [5, 5.41) is 0. The van der Waals surface area contributed by atoms with Gasteiger partial charge in [-0.3, -0.25) is 4.79 Å². The lowest BCUT2D eigenvalue weighted by Crippen LogP contribution is -2.45. The zero-order chi connectivity index (χ0) is 23.3. The van der Waals surface area contributed by atoms with Gasteiger partial charge in [-0.05, 0) is 50.6 Å². The Morgan fingerprint density at radius 1 is 1.10 bits per heavy atom. The first-order valence-electron chi connectivity index (χ1n) is 9.56. The molecule has 1 heterocycles. The van der Waals surface area contributed by atoms with Crippen LogP contribution in [0.1, 0.15) is 39.0 Å². The summed E-state index contributed by atoms with van der Waals surface area (Å²) in [5.74, 6) is -0.524. The van der Waals surface area contributed by atoms with E-state index in [1.54, 1.807) is 13.8 Å². The fraction of sp³-hybridized carbons (Fsp3) is 0.429. The van der Waals surface area contributed by atoms with E-state index in [1.807, 2.05) is 0 Å². The Bertz CT molecular complexity index is 1040.